The highest BCUT2D eigenvalue weighted by Gasteiger charge is 2.17. The van der Waals surface area contributed by atoms with E-state index >= 15 is 0 Å². The van der Waals surface area contributed by atoms with E-state index < -0.39 is 0 Å². The van der Waals surface area contributed by atoms with Crippen molar-refractivity contribution < 1.29 is 14.6 Å². The van der Waals surface area contributed by atoms with Gasteiger partial charge in [-0.25, -0.2) is 9.97 Å². The number of carbonyl (C=O) groups excluding carboxylic acids is 1. The number of rotatable bonds is 11. The molecule has 37 heavy (non-hydrogen) atoms. The molecule has 196 valence electrons. The minimum Gasteiger partial charge on any atom is -0.392 e. The van der Waals surface area contributed by atoms with E-state index in [1.165, 1.54) is 0 Å². The number of ether oxygens (including phenoxy) is 1. The fourth-order valence-electron chi connectivity index (χ4n) is 4.34. The van der Waals surface area contributed by atoms with Crippen LogP contribution in [-0.4, -0.2) is 72.8 Å². The van der Waals surface area contributed by atoms with E-state index in [4.69, 9.17) is 14.7 Å². The van der Waals surface area contributed by atoms with Gasteiger partial charge in [-0.2, -0.15) is 0 Å². The third kappa shape index (κ3) is 7.82. The van der Waals surface area contributed by atoms with Gasteiger partial charge >= 0.3 is 0 Å². The van der Waals surface area contributed by atoms with Crippen LogP contribution < -0.4 is 10.2 Å². The van der Waals surface area contributed by atoms with Crippen LogP contribution in [0.25, 0.3) is 22.6 Å². The molecule has 0 aliphatic carbocycles. The van der Waals surface area contributed by atoms with Crippen molar-refractivity contribution in [2.24, 2.45) is 0 Å². The molecule has 0 saturated carbocycles. The number of aliphatic hydroxyl groups excluding tert-OH is 1. The Labute approximate surface area is 219 Å². The van der Waals surface area contributed by atoms with Gasteiger partial charge in [0.2, 0.25) is 5.91 Å². The molecule has 0 atom stereocenters. The van der Waals surface area contributed by atoms with Gasteiger partial charge in [-0.05, 0) is 57.2 Å². The average molecular weight is 504 g/mol. The summed E-state index contributed by atoms with van der Waals surface area (Å²) in [4.78, 5) is 26.7. The van der Waals surface area contributed by atoms with Crippen LogP contribution in [0.2, 0.25) is 0 Å². The Morgan fingerprint density at radius 3 is 2.57 bits per heavy atom. The molecule has 2 heterocycles. The van der Waals surface area contributed by atoms with Gasteiger partial charge in [-0.15, -0.1) is 0 Å². The zero-order valence-electron chi connectivity index (χ0n) is 21.8. The summed E-state index contributed by atoms with van der Waals surface area (Å²) in [6.07, 6.45) is 3.51. The van der Waals surface area contributed by atoms with Gasteiger partial charge in [0.25, 0.3) is 0 Å². The predicted molar refractivity (Wildman–Crippen MR) is 148 cm³/mol. The van der Waals surface area contributed by atoms with Gasteiger partial charge in [-0.1, -0.05) is 36.8 Å². The lowest BCUT2D eigenvalue weighted by Crippen LogP contribution is -2.36. The number of unbranched alkanes of at least 4 members (excludes halogenated alkanes) is 2. The van der Waals surface area contributed by atoms with Crippen molar-refractivity contribution in [2.45, 2.75) is 32.3 Å². The lowest BCUT2D eigenvalue weighted by Gasteiger charge is -2.28. The Morgan fingerprint density at radius 2 is 1.78 bits per heavy atom. The maximum atomic E-state index is 12.5. The van der Waals surface area contributed by atoms with E-state index in [0.717, 1.165) is 72.8 Å². The van der Waals surface area contributed by atoms with E-state index in [-0.39, 0.29) is 12.5 Å². The van der Waals surface area contributed by atoms with Gasteiger partial charge in [0, 0.05) is 42.4 Å². The van der Waals surface area contributed by atoms with E-state index in [0.29, 0.717) is 25.5 Å². The largest absolute Gasteiger partial charge is 0.392 e. The summed E-state index contributed by atoms with van der Waals surface area (Å²) in [5, 5.41) is 12.6. The molecule has 1 aromatic heterocycles. The molecule has 2 N–H and O–H groups in total. The third-order valence-corrected chi connectivity index (χ3v) is 6.37. The molecule has 2 aromatic carbocycles. The molecule has 0 unspecified atom stereocenters. The first-order valence-electron chi connectivity index (χ1n) is 13.0. The summed E-state index contributed by atoms with van der Waals surface area (Å²) in [6, 6.07) is 17.4. The molecule has 1 aliphatic heterocycles. The van der Waals surface area contributed by atoms with Crippen LogP contribution in [0.1, 0.15) is 31.2 Å². The van der Waals surface area contributed by atoms with Crippen LogP contribution in [0.3, 0.4) is 0 Å². The second-order valence-corrected chi connectivity index (χ2v) is 9.64. The first-order valence-corrected chi connectivity index (χ1v) is 13.0. The van der Waals surface area contributed by atoms with Crippen molar-refractivity contribution in [3.05, 3.63) is 60.2 Å². The van der Waals surface area contributed by atoms with E-state index in [9.17, 15) is 9.90 Å². The number of aliphatic hydroxyl groups is 1. The van der Waals surface area contributed by atoms with Crippen molar-refractivity contribution in [1.29, 1.82) is 0 Å². The minimum atomic E-state index is -0.0283. The number of morpholine rings is 1. The first-order chi connectivity index (χ1) is 18.0. The highest BCUT2D eigenvalue weighted by molar-refractivity contribution is 5.91. The number of carbonyl (C=O) groups is 1. The van der Waals surface area contributed by atoms with Gasteiger partial charge in [-0.3, -0.25) is 4.79 Å². The molecule has 1 amide bonds. The fourth-order valence-corrected chi connectivity index (χ4v) is 4.34. The van der Waals surface area contributed by atoms with Gasteiger partial charge in [0.1, 0.15) is 5.82 Å². The molecule has 3 aromatic rings. The number of anilines is 2. The number of hydrogen-bond donors (Lipinski definition) is 2. The quantitative estimate of drug-likeness (QED) is 0.379. The van der Waals surface area contributed by atoms with Crippen molar-refractivity contribution in [2.75, 3.05) is 57.2 Å². The van der Waals surface area contributed by atoms with Crippen LogP contribution >= 0.6 is 0 Å². The highest BCUT2D eigenvalue weighted by atomic mass is 16.5. The Balaban J connectivity index is 1.55. The number of benzene rings is 2. The third-order valence-electron chi connectivity index (χ3n) is 6.37. The zero-order valence-corrected chi connectivity index (χ0v) is 21.8. The molecule has 1 saturated heterocycles. The van der Waals surface area contributed by atoms with Gasteiger partial charge in [0.05, 0.1) is 25.5 Å². The highest BCUT2D eigenvalue weighted by Crippen LogP contribution is 2.28. The van der Waals surface area contributed by atoms with Crippen LogP contribution in [0.15, 0.2) is 54.6 Å². The Kier molecular flexibility index (Phi) is 9.59. The predicted octanol–water partition coefficient (Wildman–Crippen LogP) is 4.20. The summed E-state index contributed by atoms with van der Waals surface area (Å²) >= 11 is 0. The molecule has 0 bridgehead atoms. The van der Waals surface area contributed by atoms with Crippen molar-refractivity contribution in [3.63, 3.8) is 0 Å². The average Bonchev–Trinajstić information content (AvgIpc) is 2.93. The van der Waals surface area contributed by atoms with Gasteiger partial charge < -0.3 is 25.0 Å². The van der Waals surface area contributed by atoms with E-state index in [2.05, 4.69) is 29.2 Å². The smallest absolute Gasteiger partial charge is 0.224 e. The van der Waals surface area contributed by atoms with Crippen molar-refractivity contribution in [1.82, 2.24) is 14.9 Å². The Hall–Kier alpha value is -3.33. The topological polar surface area (TPSA) is 90.8 Å². The summed E-state index contributed by atoms with van der Waals surface area (Å²) in [5.74, 6) is 1.45. The maximum absolute atomic E-state index is 12.5. The van der Waals surface area contributed by atoms with Crippen LogP contribution in [0.5, 0.6) is 0 Å². The monoisotopic (exact) mass is 503 g/mol. The second-order valence-electron chi connectivity index (χ2n) is 9.64. The van der Waals surface area contributed by atoms with Crippen LogP contribution in [0, 0.1) is 0 Å². The number of aromatic nitrogens is 2. The van der Waals surface area contributed by atoms with Crippen LogP contribution in [0.4, 0.5) is 11.5 Å². The van der Waals surface area contributed by atoms with E-state index in [1.807, 2.05) is 54.6 Å². The Bertz CT molecular complexity index is 1180. The molecule has 1 aliphatic rings. The molecule has 0 spiro atoms. The number of nitrogens with zero attached hydrogens (tertiary/aromatic N) is 4. The first kappa shape index (κ1) is 26.7. The van der Waals surface area contributed by atoms with Crippen LogP contribution in [-0.2, 0) is 16.1 Å². The SMILES string of the molecule is CN(C)CCCCCC(=O)Nc1cccc(-c2nc(-c3cccc(CO)c3)cc(N3CCOCC3)n2)c1. The summed E-state index contributed by atoms with van der Waals surface area (Å²) in [5.41, 5.74) is 4.10. The molecule has 8 nitrogen and oxygen atoms in total. The maximum Gasteiger partial charge on any atom is 0.224 e. The molecular weight excluding hydrogens is 466 g/mol. The molecule has 4 rings (SSSR count). The number of nitrogens with one attached hydrogen (secondary N) is 1. The Morgan fingerprint density at radius 1 is 1.00 bits per heavy atom. The molecule has 0 radical (unpaired) electrons. The number of amides is 1. The summed E-state index contributed by atoms with van der Waals surface area (Å²) in [6.45, 7) is 3.85. The molecular formula is C29H37N5O3. The minimum absolute atomic E-state index is 0.0199. The second kappa shape index (κ2) is 13.3. The number of hydrogen-bond acceptors (Lipinski definition) is 7. The summed E-state index contributed by atoms with van der Waals surface area (Å²) in [7, 11) is 4.13. The van der Waals surface area contributed by atoms with E-state index in [1.54, 1.807) is 0 Å². The molecule has 1 fully saturated rings. The lowest BCUT2D eigenvalue weighted by molar-refractivity contribution is -0.116. The van der Waals surface area contributed by atoms with Crippen molar-refractivity contribution in [3.8, 4) is 22.6 Å². The van der Waals surface area contributed by atoms with Crippen molar-refractivity contribution >= 4 is 17.4 Å². The fraction of sp³-hybridized carbons (Fsp3) is 0.414. The zero-order chi connectivity index (χ0) is 26.0. The normalized spacial score (nSPS) is 13.7. The standard InChI is InChI=1S/C29H37N5O3/c1-33(2)13-5-3-4-12-28(36)30-25-11-7-10-24(19-25)29-31-26(23-9-6-8-22(18-23)21-35)20-27(32-29)34-14-16-37-17-15-34/h6-11,18-20,35H,3-5,12-17,21H2,1-2H3,(H,30,36). The molecule has 8 heteroatoms. The summed E-state index contributed by atoms with van der Waals surface area (Å²) < 4.78 is 5.53. The lowest BCUT2D eigenvalue weighted by atomic mass is 10.1. The van der Waals surface area contributed by atoms with Gasteiger partial charge in [0.15, 0.2) is 5.82 Å².